The van der Waals surface area contributed by atoms with Gasteiger partial charge in [0.2, 0.25) is 0 Å². The molecule has 0 amide bonds. The van der Waals surface area contributed by atoms with Gasteiger partial charge in [0.25, 0.3) is 0 Å². The smallest absolute Gasteiger partial charge is 0.354 e. The molecular weight excluding hydrogens is 290 g/mol. The third kappa shape index (κ3) is 8.00. The van der Waals surface area contributed by atoms with E-state index in [2.05, 4.69) is 11.9 Å². The molecule has 1 rings (SSSR count). The monoisotopic (exact) mass is 321 g/mol. The van der Waals surface area contributed by atoms with E-state index in [1.54, 1.807) is 19.2 Å². The standard InChI is InChI=1S/C19H31NO3/c1-3-5-6-7-8-9-10-11-12-13-18(21)16-14-17(20-15-16)19(22)23-4-2/h14-15,20H,3-13H2,1-2H3. The minimum Gasteiger partial charge on any atom is -0.461 e. The molecule has 0 aromatic carbocycles. The first-order valence-corrected chi connectivity index (χ1v) is 9.07. The van der Waals surface area contributed by atoms with E-state index < -0.39 is 5.97 Å². The molecule has 0 aliphatic carbocycles. The number of aromatic amines is 1. The van der Waals surface area contributed by atoms with Crippen LogP contribution in [0.1, 0.15) is 98.9 Å². The topological polar surface area (TPSA) is 59.2 Å². The zero-order valence-electron chi connectivity index (χ0n) is 14.7. The van der Waals surface area contributed by atoms with Crippen molar-refractivity contribution < 1.29 is 14.3 Å². The van der Waals surface area contributed by atoms with Crippen LogP contribution >= 0.6 is 0 Å². The lowest BCUT2D eigenvalue weighted by atomic mass is 10.0. The molecule has 0 fully saturated rings. The van der Waals surface area contributed by atoms with Crippen molar-refractivity contribution in [2.75, 3.05) is 6.61 Å². The summed E-state index contributed by atoms with van der Waals surface area (Å²) in [5, 5.41) is 0. The number of H-pyrrole nitrogens is 1. The molecular formula is C19H31NO3. The lowest BCUT2D eigenvalue weighted by molar-refractivity contribution is 0.0520. The van der Waals surface area contributed by atoms with E-state index in [0.717, 1.165) is 12.8 Å². The summed E-state index contributed by atoms with van der Waals surface area (Å²) >= 11 is 0. The Balaban J connectivity index is 2.13. The average molecular weight is 321 g/mol. The molecule has 0 bridgehead atoms. The largest absolute Gasteiger partial charge is 0.461 e. The lowest BCUT2D eigenvalue weighted by Gasteiger charge is -2.01. The highest BCUT2D eigenvalue weighted by Crippen LogP contribution is 2.13. The normalized spacial score (nSPS) is 10.7. The van der Waals surface area contributed by atoms with Crippen molar-refractivity contribution in [2.24, 2.45) is 0 Å². The first-order valence-electron chi connectivity index (χ1n) is 9.07. The molecule has 0 aliphatic rings. The molecule has 1 aromatic heterocycles. The molecule has 0 atom stereocenters. The maximum atomic E-state index is 12.1. The molecule has 4 nitrogen and oxygen atoms in total. The second kappa shape index (κ2) is 11.9. The Morgan fingerprint density at radius 2 is 1.57 bits per heavy atom. The summed E-state index contributed by atoms with van der Waals surface area (Å²) in [7, 11) is 0. The Labute approximate surface area is 140 Å². The summed E-state index contributed by atoms with van der Waals surface area (Å²) in [4.78, 5) is 26.4. The van der Waals surface area contributed by atoms with Gasteiger partial charge in [-0.25, -0.2) is 4.79 Å². The van der Waals surface area contributed by atoms with Crippen LogP contribution in [0.3, 0.4) is 0 Å². The Morgan fingerprint density at radius 3 is 2.17 bits per heavy atom. The second-order valence-electron chi connectivity index (χ2n) is 6.02. The van der Waals surface area contributed by atoms with E-state index in [4.69, 9.17) is 4.74 Å². The van der Waals surface area contributed by atoms with Crippen molar-refractivity contribution in [2.45, 2.75) is 78.1 Å². The van der Waals surface area contributed by atoms with Crippen LogP contribution in [0, 0.1) is 0 Å². The van der Waals surface area contributed by atoms with Crippen molar-refractivity contribution in [3.8, 4) is 0 Å². The number of hydrogen-bond acceptors (Lipinski definition) is 3. The Hall–Kier alpha value is -1.58. The fourth-order valence-corrected chi connectivity index (χ4v) is 2.62. The number of ether oxygens (including phenoxy) is 1. The summed E-state index contributed by atoms with van der Waals surface area (Å²) in [6.45, 7) is 4.33. The Morgan fingerprint density at radius 1 is 0.957 bits per heavy atom. The summed E-state index contributed by atoms with van der Waals surface area (Å²) in [6, 6.07) is 1.59. The third-order valence-electron chi connectivity index (χ3n) is 4.01. The number of carbonyl (C=O) groups is 2. The third-order valence-corrected chi connectivity index (χ3v) is 4.01. The van der Waals surface area contributed by atoms with Gasteiger partial charge in [0.15, 0.2) is 5.78 Å². The zero-order chi connectivity index (χ0) is 16.9. The Kier molecular flexibility index (Phi) is 10.1. The van der Waals surface area contributed by atoms with E-state index in [9.17, 15) is 9.59 Å². The number of nitrogens with one attached hydrogen (secondary N) is 1. The SMILES string of the molecule is CCCCCCCCCCCC(=O)c1c[nH]c(C(=O)OCC)c1. The molecule has 1 heterocycles. The van der Waals surface area contributed by atoms with E-state index in [1.165, 1.54) is 44.9 Å². The predicted octanol–water partition coefficient (Wildman–Crippen LogP) is 5.30. The maximum absolute atomic E-state index is 12.1. The van der Waals surface area contributed by atoms with E-state index >= 15 is 0 Å². The molecule has 0 aliphatic heterocycles. The van der Waals surface area contributed by atoms with E-state index in [1.807, 2.05) is 0 Å². The van der Waals surface area contributed by atoms with Crippen molar-refractivity contribution in [1.82, 2.24) is 4.98 Å². The molecule has 0 radical (unpaired) electrons. The second-order valence-corrected chi connectivity index (χ2v) is 6.02. The molecule has 0 spiro atoms. The zero-order valence-corrected chi connectivity index (χ0v) is 14.7. The van der Waals surface area contributed by atoms with E-state index in [0.29, 0.717) is 24.3 Å². The summed E-state index contributed by atoms with van der Waals surface area (Å²) in [5.74, 6) is -0.311. The number of hydrogen-bond donors (Lipinski definition) is 1. The van der Waals surface area contributed by atoms with Crippen molar-refractivity contribution in [1.29, 1.82) is 0 Å². The van der Waals surface area contributed by atoms with Crippen LogP contribution < -0.4 is 0 Å². The van der Waals surface area contributed by atoms with Gasteiger partial charge in [-0.3, -0.25) is 4.79 Å². The van der Waals surface area contributed by atoms with Crippen LogP contribution in [-0.2, 0) is 4.74 Å². The Bertz CT molecular complexity index is 465. The van der Waals surface area contributed by atoms with Crippen LogP contribution in [0.2, 0.25) is 0 Å². The highest BCUT2D eigenvalue weighted by molar-refractivity contribution is 5.98. The van der Waals surface area contributed by atoms with Gasteiger partial charge in [0.1, 0.15) is 5.69 Å². The minimum atomic E-state index is -0.408. The van der Waals surface area contributed by atoms with Crippen LogP contribution in [0.4, 0.5) is 0 Å². The summed E-state index contributed by atoms with van der Waals surface area (Å²) < 4.78 is 4.90. The van der Waals surface area contributed by atoms with Crippen LogP contribution in [0.25, 0.3) is 0 Å². The van der Waals surface area contributed by atoms with Gasteiger partial charge in [0.05, 0.1) is 6.61 Å². The van der Waals surface area contributed by atoms with Gasteiger partial charge < -0.3 is 9.72 Å². The number of unbranched alkanes of at least 4 members (excludes halogenated alkanes) is 8. The molecule has 1 N–H and O–H groups in total. The van der Waals surface area contributed by atoms with Crippen LogP contribution in [0.15, 0.2) is 12.3 Å². The highest BCUT2D eigenvalue weighted by Gasteiger charge is 2.13. The fraction of sp³-hybridized carbons (Fsp3) is 0.684. The minimum absolute atomic E-state index is 0.0970. The highest BCUT2D eigenvalue weighted by atomic mass is 16.5. The first-order chi connectivity index (χ1) is 11.2. The summed E-state index contributed by atoms with van der Waals surface area (Å²) in [6.07, 6.45) is 13.3. The number of Topliss-reactive ketones (excluding diaryl/α,β-unsaturated/α-hetero) is 1. The van der Waals surface area contributed by atoms with Crippen LogP contribution in [0.5, 0.6) is 0 Å². The number of rotatable bonds is 13. The van der Waals surface area contributed by atoms with Gasteiger partial charge in [-0.15, -0.1) is 0 Å². The molecule has 4 heteroatoms. The molecule has 1 aromatic rings. The summed E-state index contributed by atoms with van der Waals surface area (Å²) in [5.41, 5.74) is 0.926. The first kappa shape index (κ1) is 19.5. The fourth-order valence-electron chi connectivity index (χ4n) is 2.62. The number of esters is 1. The number of ketones is 1. The maximum Gasteiger partial charge on any atom is 0.354 e. The van der Waals surface area contributed by atoms with Crippen molar-refractivity contribution in [3.05, 3.63) is 23.5 Å². The molecule has 0 saturated carbocycles. The van der Waals surface area contributed by atoms with Crippen molar-refractivity contribution >= 4 is 11.8 Å². The molecule has 130 valence electrons. The van der Waals surface area contributed by atoms with Gasteiger partial charge in [-0.2, -0.15) is 0 Å². The van der Waals surface area contributed by atoms with Gasteiger partial charge in [-0.1, -0.05) is 58.3 Å². The predicted molar refractivity (Wildman–Crippen MR) is 92.9 cm³/mol. The molecule has 0 unspecified atom stereocenters. The molecule has 23 heavy (non-hydrogen) atoms. The van der Waals surface area contributed by atoms with Crippen LogP contribution in [-0.4, -0.2) is 23.3 Å². The lowest BCUT2D eigenvalue weighted by Crippen LogP contribution is -2.04. The number of carbonyl (C=O) groups excluding carboxylic acids is 2. The molecule has 0 saturated heterocycles. The van der Waals surface area contributed by atoms with Gasteiger partial charge in [-0.05, 0) is 19.4 Å². The van der Waals surface area contributed by atoms with Gasteiger partial charge in [0, 0.05) is 18.2 Å². The van der Waals surface area contributed by atoms with Gasteiger partial charge >= 0.3 is 5.97 Å². The van der Waals surface area contributed by atoms with E-state index in [-0.39, 0.29) is 5.78 Å². The quantitative estimate of drug-likeness (QED) is 0.305. The van der Waals surface area contributed by atoms with Crippen molar-refractivity contribution in [3.63, 3.8) is 0 Å². The average Bonchev–Trinajstić information content (AvgIpc) is 3.03. The number of aromatic nitrogens is 1.